The highest BCUT2D eigenvalue weighted by Gasteiger charge is 2.26. The molecule has 0 aliphatic carbocycles. The smallest absolute Gasteiger partial charge is 0.170 e. The summed E-state index contributed by atoms with van der Waals surface area (Å²) >= 11 is 0. The number of nitrogens with two attached hydrogens (primary N) is 1. The quantitative estimate of drug-likeness (QED) is 0.790. The van der Waals surface area contributed by atoms with Crippen LogP contribution in [0, 0.1) is 5.82 Å². The van der Waals surface area contributed by atoms with Crippen LogP contribution in [0.4, 0.5) is 4.39 Å². The van der Waals surface area contributed by atoms with E-state index in [1.807, 2.05) is 0 Å². The van der Waals surface area contributed by atoms with Crippen molar-refractivity contribution in [2.75, 3.05) is 13.2 Å². The van der Waals surface area contributed by atoms with Crippen molar-refractivity contribution in [3.05, 3.63) is 23.5 Å². The predicted molar refractivity (Wildman–Crippen MR) is 56.0 cm³/mol. The van der Waals surface area contributed by atoms with E-state index in [1.165, 1.54) is 12.1 Å². The second-order valence-electron chi connectivity index (χ2n) is 3.79. The SMILES string of the molecule is CC(N)C(O)c1c(F)ccc2c1OCCO2. The van der Waals surface area contributed by atoms with Crippen LogP contribution in [0.15, 0.2) is 12.1 Å². The summed E-state index contributed by atoms with van der Waals surface area (Å²) in [6.45, 7) is 2.37. The summed E-state index contributed by atoms with van der Waals surface area (Å²) in [6.07, 6.45) is -1.10. The van der Waals surface area contributed by atoms with Gasteiger partial charge in [0.1, 0.15) is 25.1 Å². The van der Waals surface area contributed by atoms with Gasteiger partial charge >= 0.3 is 0 Å². The van der Waals surface area contributed by atoms with Crippen LogP contribution in [0.5, 0.6) is 11.5 Å². The number of aliphatic hydroxyl groups excluding tert-OH is 1. The van der Waals surface area contributed by atoms with Crippen LogP contribution in [-0.4, -0.2) is 24.4 Å². The van der Waals surface area contributed by atoms with Crippen LogP contribution in [-0.2, 0) is 0 Å². The average Bonchev–Trinajstić information content (AvgIpc) is 2.28. The molecule has 3 N–H and O–H groups in total. The van der Waals surface area contributed by atoms with Crippen molar-refractivity contribution in [3.63, 3.8) is 0 Å². The van der Waals surface area contributed by atoms with E-state index in [0.717, 1.165) is 0 Å². The molecule has 2 atom stereocenters. The lowest BCUT2D eigenvalue weighted by molar-refractivity contribution is 0.128. The number of hydrogen-bond donors (Lipinski definition) is 2. The Hall–Kier alpha value is -1.33. The van der Waals surface area contributed by atoms with Crippen molar-refractivity contribution < 1.29 is 19.0 Å². The Morgan fingerprint density at radius 2 is 2.06 bits per heavy atom. The van der Waals surface area contributed by atoms with Crippen molar-refractivity contribution in [1.29, 1.82) is 0 Å². The number of hydrogen-bond acceptors (Lipinski definition) is 4. The van der Waals surface area contributed by atoms with Crippen molar-refractivity contribution in [2.45, 2.75) is 19.1 Å². The number of ether oxygens (including phenoxy) is 2. The van der Waals surface area contributed by atoms with Gasteiger partial charge in [0.25, 0.3) is 0 Å². The number of rotatable bonds is 2. The molecule has 4 nitrogen and oxygen atoms in total. The van der Waals surface area contributed by atoms with E-state index in [-0.39, 0.29) is 11.3 Å². The Morgan fingerprint density at radius 3 is 2.75 bits per heavy atom. The highest BCUT2D eigenvalue weighted by molar-refractivity contribution is 5.49. The third-order valence-electron chi connectivity index (χ3n) is 2.49. The van der Waals surface area contributed by atoms with E-state index in [9.17, 15) is 9.50 Å². The van der Waals surface area contributed by atoms with E-state index in [2.05, 4.69) is 0 Å². The summed E-state index contributed by atoms with van der Waals surface area (Å²) in [4.78, 5) is 0. The van der Waals surface area contributed by atoms with Gasteiger partial charge in [-0.15, -0.1) is 0 Å². The second-order valence-corrected chi connectivity index (χ2v) is 3.79. The number of benzene rings is 1. The first-order valence-electron chi connectivity index (χ1n) is 5.13. The van der Waals surface area contributed by atoms with Crippen LogP contribution in [0.1, 0.15) is 18.6 Å². The van der Waals surface area contributed by atoms with Gasteiger partial charge in [-0.3, -0.25) is 0 Å². The van der Waals surface area contributed by atoms with Gasteiger partial charge in [-0.05, 0) is 19.1 Å². The van der Waals surface area contributed by atoms with Crippen molar-refractivity contribution >= 4 is 0 Å². The normalized spacial score (nSPS) is 18.0. The van der Waals surface area contributed by atoms with Gasteiger partial charge in [0.2, 0.25) is 0 Å². The molecule has 2 rings (SSSR count). The molecule has 0 saturated carbocycles. The van der Waals surface area contributed by atoms with Gasteiger partial charge in [-0.2, -0.15) is 0 Å². The zero-order chi connectivity index (χ0) is 11.7. The molecule has 0 saturated heterocycles. The maximum atomic E-state index is 13.6. The molecule has 16 heavy (non-hydrogen) atoms. The third kappa shape index (κ3) is 1.83. The number of aliphatic hydroxyl groups is 1. The minimum atomic E-state index is -1.10. The fraction of sp³-hybridized carbons (Fsp3) is 0.455. The van der Waals surface area contributed by atoms with E-state index < -0.39 is 18.0 Å². The molecular formula is C11H14FNO3. The van der Waals surface area contributed by atoms with E-state index in [1.54, 1.807) is 6.92 Å². The molecule has 0 aromatic heterocycles. The molecule has 0 spiro atoms. The van der Waals surface area contributed by atoms with Crippen LogP contribution in [0.2, 0.25) is 0 Å². The largest absolute Gasteiger partial charge is 0.486 e. The number of fused-ring (bicyclic) bond motifs is 1. The summed E-state index contributed by atoms with van der Waals surface area (Å²) in [7, 11) is 0. The van der Waals surface area contributed by atoms with Gasteiger partial charge < -0.3 is 20.3 Å². The summed E-state index contributed by atoms with van der Waals surface area (Å²) in [6, 6.07) is 2.15. The second kappa shape index (κ2) is 4.27. The first-order valence-corrected chi connectivity index (χ1v) is 5.13. The van der Waals surface area contributed by atoms with E-state index in [0.29, 0.717) is 19.0 Å². The minimum absolute atomic E-state index is 0.0761. The van der Waals surface area contributed by atoms with Crippen molar-refractivity contribution in [3.8, 4) is 11.5 Å². The maximum Gasteiger partial charge on any atom is 0.170 e. The molecule has 1 heterocycles. The van der Waals surface area contributed by atoms with Gasteiger partial charge in [-0.1, -0.05) is 0 Å². The van der Waals surface area contributed by atoms with E-state index in [4.69, 9.17) is 15.2 Å². The highest BCUT2D eigenvalue weighted by Crippen LogP contribution is 2.39. The standard InChI is InChI=1S/C11H14FNO3/c1-6(13)10(14)9-7(12)2-3-8-11(9)16-5-4-15-8/h2-3,6,10,14H,4-5,13H2,1H3. The molecule has 0 bridgehead atoms. The molecule has 1 aromatic carbocycles. The molecular weight excluding hydrogens is 213 g/mol. The lowest BCUT2D eigenvalue weighted by Gasteiger charge is -2.24. The Morgan fingerprint density at radius 1 is 1.38 bits per heavy atom. The summed E-state index contributed by atoms with van der Waals surface area (Å²) < 4.78 is 24.3. The summed E-state index contributed by atoms with van der Waals surface area (Å²) in [5.41, 5.74) is 5.63. The van der Waals surface area contributed by atoms with Gasteiger partial charge in [0, 0.05) is 6.04 Å². The Labute approximate surface area is 92.8 Å². The van der Waals surface area contributed by atoms with Gasteiger partial charge in [0.05, 0.1) is 5.56 Å². The first kappa shape index (κ1) is 11.2. The molecule has 5 heteroatoms. The fourth-order valence-electron chi connectivity index (χ4n) is 1.65. The lowest BCUT2D eigenvalue weighted by atomic mass is 10.0. The fourth-order valence-corrected chi connectivity index (χ4v) is 1.65. The molecule has 0 radical (unpaired) electrons. The van der Waals surface area contributed by atoms with Crippen LogP contribution in [0.3, 0.4) is 0 Å². The summed E-state index contributed by atoms with van der Waals surface area (Å²) in [5.74, 6) is 0.174. The molecule has 0 fully saturated rings. The van der Waals surface area contributed by atoms with Crippen LogP contribution >= 0.6 is 0 Å². The molecule has 1 aliphatic rings. The zero-order valence-electron chi connectivity index (χ0n) is 8.94. The monoisotopic (exact) mass is 227 g/mol. The van der Waals surface area contributed by atoms with Crippen molar-refractivity contribution in [2.24, 2.45) is 5.73 Å². The lowest BCUT2D eigenvalue weighted by Crippen LogP contribution is -2.27. The molecule has 2 unspecified atom stereocenters. The maximum absolute atomic E-state index is 13.6. The average molecular weight is 227 g/mol. The minimum Gasteiger partial charge on any atom is -0.486 e. The van der Waals surface area contributed by atoms with E-state index >= 15 is 0 Å². The third-order valence-corrected chi connectivity index (χ3v) is 2.49. The molecule has 0 amide bonds. The van der Waals surface area contributed by atoms with Crippen LogP contribution < -0.4 is 15.2 Å². The Kier molecular flexibility index (Phi) is 2.98. The topological polar surface area (TPSA) is 64.7 Å². The predicted octanol–water partition coefficient (Wildman–Crippen LogP) is 0.978. The first-order chi connectivity index (χ1) is 7.61. The number of halogens is 1. The highest BCUT2D eigenvalue weighted by atomic mass is 19.1. The van der Waals surface area contributed by atoms with Crippen molar-refractivity contribution in [1.82, 2.24) is 0 Å². The van der Waals surface area contributed by atoms with Gasteiger partial charge in [0.15, 0.2) is 11.5 Å². The summed E-state index contributed by atoms with van der Waals surface area (Å²) in [5, 5.41) is 9.83. The Bertz CT molecular complexity index is 395. The molecule has 1 aromatic rings. The molecule has 88 valence electrons. The molecule has 1 aliphatic heterocycles. The van der Waals surface area contributed by atoms with Gasteiger partial charge in [-0.25, -0.2) is 4.39 Å². The zero-order valence-corrected chi connectivity index (χ0v) is 8.94. The van der Waals surface area contributed by atoms with Crippen LogP contribution in [0.25, 0.3) is 0 Å². The Balaban J connectivity index is 2.49.